The molecule has 0 aliphatic carbocycles. The van der Waals surface area contributed by atoms with Crippen molar-refractivity contribution in [2.24, 2.45) is 0 Å². The first kappa shape index (κ1) is 23.3. The Labute approximate surface area is 189 Å². The van der Waals surface area contributed by atoms with Gasteiger partial charge in [0.2, 0.25) is 0 Å². The Hall–Kier alpha value is -3.32. The summed E-state index contributed by atoms with van der Waals surface area (Å²) in [7, 11) is -3.81. The zero-order valence-corrected chi connectivity index (χ0v) is 19.2. The van der Waals surface area contributed by atoms with Gasteiger partial charge in [0.15, 0.2) is 0 Å². The lowest BCUT2D eigenvalue weighted by Gasteiger charge is -2.30. The molecule has 6 nitrogen and oxygen atoms in total. The van der Waals surface area contributed by atoms with Crippen LogP contribution in [0.4, 0.5) is 5.69 Å². The molecular weight excluding hydrogens is 426 g/mol. The molecule has 168 valence electrons. The highest BCUT2D eigenvalue weighted by atomic mass is 32.2. The monoisotopic (exact) mass is 453 g/mol. The SMILES string of the molecule is CCc1ccc(N(C(C)C)S(=O)(=O)c2ccccc2)c(OCc2ccc(C(=O)O)cc2)c1. The molecule has 0 atom stereocenters. The maximum Gasteiger partial charge on any atom is 0.335 e. The van der Waals surface area contributed by atoms with Crippen LogP contribution in [0.25, 0.3) is 0 Å². The van der Waals surface area contributed by atoms with Crippen molar-refractivity contribution in [3.63, 3.8) is 0 Å². The highest BCUT2D eigenvalue weighted by Gasteiger charge is 2.29. The minimum atomic E-state index is -3.81. The molecule has 0 saturated heterocycles. The van der Waals surface area contributed by atoms with Gasteiger partial charge in [0.25, 0.3) is 10.0 Å². The van der Waals surface area contributed by atoms with Crippen LogP contribution in [0.2, 0.25) is 0 Å². The fraction of sp³-hybridized carbons (Fsp3) is 0.240. The van der Waals surface area contributed by atoms with E-state index in [9.17, 15) is 13.2 Å². The number of carboxylic acids is 1. The van der Waals surface area contributed by atoms with Crippen LogP contribution in [0.1, 0.15) is 42.3 Å². The predicted octanol–water partition coefficient (Wildman–Crippen LogP) is 5.13. The molecule has 0 amide bonds. The van der Waals surface area contributed by atoms with E-state index < -0.39 is 16.0 Å². The number of carbonyl (C=O) groups is 1. The normalized spacial score (nSPS) is 11.4. The topological polar surface area (TPSA) is 83.9 Å². The largest absolute Gasteiger partial charge is 0.487 e. The highest BCUT2D eigenvalue weighted by molar-refractivity contribution is 7.92. The smallest absolute Gasteiger partial charge is 0.335 e. The molecule has 0 spiro atoms. The summed E-state index contributed by atoms with van der Waals surface area (Å²) >= 11 is 0. The molecule has 0 aliphatic heterocycles. The lowest BCUT2D eigenvalue weighted by atomic mass is 10.1. The molecule has 32 heavy (non-hydrogen) atoms. The number of benzene rings is 3. The van der Waals surface area contributed by atoms with Gasteiger partial charge in [-0.15, -0.1) is 0 Å². The van der Waals surface area contributed by atoms with E-state index >= 15 is 0 Å². The number of hydrogen-bond donors (Lipinski definition) is 1. The third-order valence-electron chi connectivity index (χ3n) is 5.03. The quantitative estimate of drug-likeness (QED) is 0.486. The number of aromatic carboxylic acids is 1. The second kappa shape index (κ2) is 9.87. The van der Waals surface area contributed by atoms with Crippen molar-refractivity contribution < 1.29 is 23.1 Å². The zero-order chi connectivity index (χ0) is 23.3. The van der Waals surface area contributed by atoms with Crippen molar-refractivity contribution in [2.75, 3.05) is 4.31 Å². The Morgan fingerprint density at radius 3 is 2.16 bits per heavy atom. The van der Waals surface area contributed by atoms with Crippen LogP contribution in [0.15, 0.2) is 77.7 Å². The molecule has 0 saturated carbocycles. The van der Waals surface area contributed by atoms with E-state index in [1.54, 1.807) is 48.5 Å². The average molecular weight is 454 g/mol. The summed E-state index contributed by atoms with van der Waals surface area (Å²) in [5.41, 5.74) is 2.46. The van der Waals surface area contributed by atoms with Gasteiger partial charge in [0, 0.05) is 6.04 Å². The van der Waals surface area contributed by atoms with Crippen molar-refractivity contribution >= 4 is 21.7 Å². The van der Waals surface area contributed by atoms with Gasteiger partial charge >= 0.3 is 5.97 Å². The Morgan fingerprint density at radius 1 is 0.969 bits per heavy atom. The fourth-order valence-corrected chi connectivity index (χ4v) is 5.07. The van der Waals surface area contributed by atoms with Crippen LogP contribution in [-0.2, 0) is 23.1 Å². The standard InChI is InChI=1S/C25H27NO5S/c1-4-19-12-15-23(26(18(2)3)32(29,30)22-8-6-5-7-9-22)24(16-19)31-17-20-10-13-21(14-11-20)25(27)28/h5-16,18H,4,17H2,1-3H3,(H,27,28). The molecule has 0 aliphatic rings. The Morgan fingerprint density at radius 2 is 1.59 bits per heavy atom. The first-order valence-corrected chi connectivity index (χ1v) is 11.9. The van der Waals surface area contributed by atoms with Gasteiger partial charge in [-0.2, -0.15) is 0 Å². The van der Waals surface area contributed by atoms with Crippen molar-refractivity contribution in [1.82, 2.24) is 0 Å². The number of aryl methyl sites for hydroxylation is 1. The molecule has 3 rings (SSSR count). The van der Waals surface area contributed by atoms with Gasteiger partial charge in [0.1, 0.15) is 12.4 Å². The van der Waals surface area contributed by atoms with Crippen molar-refractivity contribution in [1.29, 1.82) is 0 Å². The lowest BCUT2D eigenvalue weighted by molar-refractivity contribution is 0.0697. The van der Waals surface area contributed by atoms with Crippen LogP contribution >= 0.6 is 0 Å². The summed E-state index contributed by atoms with van der Waals surface area (Å²) in [6.07, 6.45) is 0.775. The number of anilines is 1. The van der Waals surface area contributed by atoms with E-state index in [2.05, 4.69) is 0 Å². The number of rotatable bonds is 9. The molecule has 3 aromatic rings. The van der Waals surface area contributed by atoms with Gasteiger partial charge in [-0.1, -0.05) is 43.3 Å². The molecule has 0 unspecified atom stereocenters. The summed E-state index contributed by atoms with van der Waals surface area (Å²) in [6, 6.07) is 19.9. The van der Waals surface area contributed by atoms with Gasteiger partial charge < -0.3 is 9.84 Å². The van der Waals surface area contributed by atoms with Crippen LogP contribution in [0.5, 0.6) is 5.75 Å². The second-order valence-electron chi connectivity index (χ2n) is 7.65. The van der Waals surface area contributed by atoms with Crippen molar-refractivity contribution in [2.45, 2.75) is 44.7 Å². The van der Waals surface area contributed by atoms with Gasteiger partial charge in [-0.25, -0.2) is 13.2 Å². The van der Waals surface area contributed by atoms with Gasteiger partial charge in [-0.05, 0) is 67.8 Å². The van der Waals surface area contributed by atoms with Crippen LogP contribution in [0, 0.1) is 0 Å². The molecule has 3 aromatic carbocycles. The third kappa shape index (κ3) is 5.11. The molecule has 1 N–H and O–H groups in total. The minimum Gasteiger partial charge on any atom is -0.487 e. The molecule has 7 heteroatoms. The van der Waals surface area contributed by atoms with E-state index in [4.69, 9.17) is 9.84 Å². The van der Waals surface area contributed by atoms with Crippen molar-refractivity contribution in [3.05, 3.63) is 89.5 Å². The molecule has 0 radical (unpaired) electrons. The van der Waals surface area contributed by atoms with E-state index in [1.807, 2.05) is 32.9 Å². The molecule has 0 heterocycles. The predicted molar refractivity (Wildman–Crippen MR) is 125 cm³/mol. The van der Waals surface area contributed by atoms with E-state index in [0.717, 1.165) is 17.5 Å². The Kier molecular flexibility index (Phi) is 7.20. The van der Waals surface area contributed by atoms with E-state index in [0.29, 0.717) is 11.4 Å². The number of ether oxygens (including phenoxy) is 1. The summed E-state index contributed by atoms with van der Waals surface area (Å²) in [6.45, 7) is 5.84. The molecule has 0 fully saturated rings. The fourth-order valence-electron chi connectivity index (χ4n) is 3.37. The number of hydrogen-bond acceptors (Lipinski definition) is 4. The second-order valence-corrected chi connectivity index (χ2v) is 9.47. The summed E-state index contributed by atoms with van der Waals surface area (Å²) in [5.74, 6) is -0.533. The van der Waals surface area contributed by atoms with Crippen LogP contribution in [-0.4, -0.2) is 25.5 Å². The number of nitrogens with zero attached hydrogens (tertiary/aromatic N) is 1. The first-order chi connectivity index (χ1) is 15.2. The first-order valence-electron chi connectivity index (χ1n) is 10.4. The van der Waals surface area contributed by atoms with Crippen LogP contribution in [0.3, 0.4) is 0 Å². The molecule has 0 bridgehead atoms. The minimum absolute atomic E-state index is 0.178. The number of sulfonamides is 1. The van der Waals surface area contributed by atoms with E-state index in [1.165, 1.54) is 16.4 Å². The third-order valence-corrected chi connectivity index (χ3v) is 7.04. The maximum absolute atomic E-state index is 13.5. The van der Waals surface area contributed by atoms with E-state index in [-0.39, 0.29) is 23.1 Å². The Bertz CT molecular complexity index is 1170. The molecular formula is C25H27NO5S. The molecule has 0 aromatic heterocycles. The Balaban J connectivity index is 1.99. The average Bonchev–Trinajstić information content (AvgIpc) is 2.78. The van der Waals surface area contributed by atoms with Gasteiger partial charge in [-0.3, -0.25) is 4.31 Å². The summed E-state index contributed by atoms with van der Waals surface area (Å²) < 4.78 is 34.4. The lowest BCUT2D eigenvalue weighted by Crippen LogP contribution is -2.37. The van der Waals surface area contributed by atoms with Gasteiger partial charge in [0.05, 0.1) is 16.1 Å². The highest BCUT2D eigenvalue weighted by Crippen LogP contribution is 2.35. The zero-order valence-electron chi connectivity index (χ0n) is 18.4. The number of carboxylic acid groups (broad SMARTS) is 1. The summed E-state index contributed by atoms with van der Waals surface area (Å²) in [4.78, 5) is 11.3. The van der Waals surface area contributed by atoms with Crippen LogP contribution < -0.4 is 9.04 Å². The maximum atomic E-state index is 13.5. The summed E-state index contributed by atoms with van der Waals surface area (Å²) in [5, 5.41) is 9.07. The van der Waals surface area contributed by atoms with Crippen molar-refractivity contribution in [3.8, 4) is 5.75 Å².